The number of hydrogen-bond donors (Lipinski definition) is 2. The molecular formula is C19H35N3O5. The zero-order valence-corrected chi connectivity index (χ0v) is 17.4. The lowest BCUT2D eigenvalue weighted by atomic mass is 10.2. The quantitative estimate of drug-likeness (QED) is 0.697. The third kappa shape index (κ3) is 23.3. The molecule has 3 amide bonds. The van der Waals surface area contributed by atoms with Crippen molar-refractivity contribution in [3.8, 4) is 25.7 Å². The van der Waals surface area contributed by atoms with Crippen LogP contribution in [0.15, 0.2) is 0 Å². The Hall–Kier alpha value is -2.71. The number of carbonyl (C=O) groups is 3. The second kappa shape index (κ2) is 19.6. The Labute approximate surface area is 163 Å². The van der Waals surface area contributed by atoms with Gasteiger partial charge in [-0.05, 0) is 40.5 Å². The Bertz CT molecular complexity index is 425. The summed E-state index contributed by atoms with van der Waals surface area (Å²) >= 11 is 0. The standard InChI is InChI=1S/C7H12N2O2.C5H11NO2.C3H8O.2C2H2/c1-5(10)9-4-2-3-6(9)7(8)11;1-5(2,3)8-4(6)7;1-3-4-2;2*1-2/h6H,2-4H2,1H3,(H2,8,11);1-3H3,(H2,6,7);3H2,1-2H3;2*1-2H/t6-;;;;/m0..../s1. The maximum Gasteiger partial charge on any atom is 0.405 e. The SMILES string of the molecule is C#C.C#C.CC(=O)N1CCC[C@H]1C(N)=O.CC(C)(C)OC(N)=O.CCOC. The maximum atomic E-state index is 10.9. The Morgan fingerprint density at radius 3 is 1.67 bits per heavy atom. The number of methoxy groups -OCH3 is 1. The molecular weight excluding hydrogens is 350 g/mol. The third-order valence-electron chi connectivity index (χ3n) is 2.68. The highest BCUT2D eigenvalue weighted by Crippen LogP contribution is 2.16. The molecule has 1 rings (SSSR count). The van der Waals surface area contributed by atoms with Gasteiger partial charge in [0.1, 0.15) is 11.6 Å². The van der Waals surface area contributed by atoms with Crippen molar-refractivity contribution in [2.24, 2.45) is 11.5 Å². The van der Waals surface area contributed by atoms with Gasteiger partial charge in [0.2, 0.25) is 11.8 Å². The first-order valence-electron chi connectivity index (χ1n) is 8.16. The van der Waals surface area contributed by atoms with Crippen LogP contribution in [0.25, 0.3) is 0 Å². The number of rotatable bonds is 2. The van der Waals surface area contributed by atoms with Gasteiger partial charge in [0.25, 0.3) is 0 Å². The van der Waals surface area contributed by atoms with Crippen LogP contribution < -0.4 is 11.5 Å². The molecule has 4 N–H and O–H groups in total. The summed E-state index contributed by atoms with van der Waals surface area (Å²) in [7, 11) is 1.68. The van der Waals surface area contributed by atoms with Crippen molar-refractivity contribution in [3.63, 3.8) is 0 Å². The number of primary amides is 2. The van der Waals surface area contributed by atoms with E-state index >= 15 is 0 Å². The molecule has 0 aliphatic carbocycles. The summed E-state index contributed by atoms with van der Waals surface area (Å²) in [5, 5.41) is 0. The van der Waals surface area contributed by atoms with E-state index in [4.69, 9.17) is 11.5 Å². The van der Waals surface area contributed by atoms with Crippen LogP contribution in [-0.2, 0) is 19.1 Å². The summed E-state index contributed by atoms with van der Waals surface area (Å²) in [6.45, 7) is 10.2. The van der Waals surface area contributed by atoms with E-state index in [1.807, 2.05) is 6.92 Å². The fourth-order valence-electron chi connectivity index (χ4n) is 1.74. The largest absolute Gasteiger partial charge is 0.444 e. The van der Waals surface area contributed by atoms with Gasteiger partial charge in [-0.1, -0.05) is 0 Å². The summed E-state index contributed by atoms with van der Waals surface area (Å²) in [5.41, 5.74) is 9.36. The molecule has 0 radical (unpaired) electrons. The van der Waals surface area contributed by atoms with Gasteiger partial charge in [0.15, 0.2) is 0 Å². The van der Waals surface area contributed by atoms with E-state index in [0.29, 0.717) is 6.54 Å². The van der Waals surface area contributed by atoms with Crippen LogP contribution >= 0.6 is 0 Å². The van der Waals surface area contributed by atoms with E-state index in [2.05, 4.69) is 35.2 Å². The molecule has 1 heterocycles. The lowest BCUT2D eigenvalue weighted by Gasteiger charge is -2.19. The van der Waals surface area contributed by atoms with Crippen LogP contribution in [-0.4, -0.2) is 54.7 Å². The average Bonchev–Trinajstić information content (AvgIpc) is 3.07. The lowest BCUT2D eigenvalue weighted by Crippen LogP contribution is -2.42. The summed E-state index contributed by atoms with van der Waals surface area (Å²) in [6.07, 6.45) is 16.9. The molecule has 8 nitrogen and oxygen atoms in total. The van der Waals surface area contributed by atoms with E-state index in [9.17, 15) is 14.4 Å². The van der Waals surface area contributed by atoms with Crippen molar-refractivity contribution >= 4 is 17.9 Å². The number of nitrogens with two attached hydrogens (primary N) is 2. The van der Waals surface area contributed by atoms with Crippen molar-refractivity contribution in [2.75, 3.05) is 20.3 Å². The van der Waals surface area contributed by atoms with Gasteiger partial charge < -0.3 is 25.8 Å². The molecule has 0 aromatic heterocycles. The Kier molecular flexibility index (Phi) is 23.2. The molecule has 1 saturated heterocycles. The van der Waals surface area contributed by atoms with Crippen LogP contribution in [0.3, 0.4) is 0 Å². The molecule has 0 spiro atoms. The van der Waals surface area contributed by atoms with Gasteiger partial charge in [-0.25, -0.2) is 4.79 Å². The summed E-state index contributed by atoms with van der Waals surface area (Å²) in [4.78, 5) is 33.2. The molecule has 0 aromatic rings. The Balaban J connectivity index is -0.000000146. The second-order valence-electron chi connectivity index (χ2n) is 5.88. The van der Waals surface area contributed by atoms with E-state index in [-0.39, 0.29) is 11.9 Å². The van der Waals surface area contributed by atoms with Gasteiger partial charge in [-0.2, -0.15) is 0 Å². The highest BCUT2D eigenvalue weighted by molar-refractivity contribution is 5.86. The van der Waals surface area contributed by atoms with Crippen molar-refractivity contribution in [3.05, 3.63) is 0 Å². The zero-order chi connectivity index (χ0) is 22.6. The smallest absolute Gasteiger partial charge is 0.405 e. The van der Waals surface area contributed by atoms with Gasteiger partial charge in [-0.15, -0.1) is 25.7 Å². The molecule has 8 heteroatoms. The van der Waals surface area contributed by atoms with Gasteiger partial charge in [0, 0.05) is 27.2 Å². The minimum atomic E-state index is -0.725. The topological polar surface area (TPSA) is 125 Å². The zero-order valence-electron chi connectivity index (χ0n) is 17.4. The predicted molar refractivity (Wildman–Crippen MR) is 107 cm³/mol. The predicted octanol–water partition coefficient (Wildman–Crippen LogP) is 1.51. The Morgan fingerprint density at radius 1 is 1.11 bits per heavy atom. The van der Waals surface area contributed by atoms with E-state index in [0.717, 1.165) is 19.4 Å². The normalized spacial score (nSPS) is 14.1. The van der Waals surface area contributed by atoms with Crippen LogP contribution in [0.2, 0.25) is 0 Å². The van der Waals surface area contributed by atoms with E-state index < -0.39 is 17.6 Å². The van der Waals surface area contributed by atoms with Crippen molar-refractivity contribution in [2.45, 2.75) is 59.1 Å². The average molecular weight is 386 g/mol. The molecule has 0 bridgehead atoms. The molecule has 0 unspecified atom stereocenters. The molecule has 156 valence electrons. The van der Waals surface area contributed by atoms with Gasteiger partial charge in [-0.3, -0.25) is 9.59 Å². The molecule has 27 heavy (non-hydrogen) atoms. The van der Waals surface area contributed by atoms with Crippen molar-refractivity contribution in [1.82, 2.24) is 4.90 Å². The molecule has 1 aliphatic rings. The second-order valence-corrected chi connectivity index (χ2v) is 5.88. The number of terminal acetylenes is 2. The summed E-state index contributed by atoms with van der Waals surface area (Å²) < 4.78 is 9.12. The van der Waals surface area contributed by atoms with Crippen LogP contribution in [0.5, 0.6) is 0 Å². The molecule has 0 aromatic carbocycles. The van der Waals surface area contributed by atoms with Gasteiger partial charge >= 0.3 is 6.09 Å². The van der Waals surface area contributed by atoms with Crippen LogP contribution in [0.4, 0.5) is 4.79 Å². The van der Waals surface area contributed by atoms with Crippen LogP contribution in [0.1, 0.15) is 47.5 Å². The number of likely N-dealkylation sites (tertiary alicyclic amines) is 1. The van der Waals surface area contributed by atoms with E-state index in [1.165, 1.54) is 11.8 Å². The monoisotopic (exact) mass is 385 g/mol. The number of carbonyl (C=O) groups excluding carboxylic acids is 3. The minimum absolute atomic E-state index is 0.0636. The maximum absolute atomic E-state index is 10.9. The minimum Gasteiger partial charge on any atom is -0.444 e. The number of hydrogen-bond acceptors (Lipinski definition) is 5. The van der Waals surface area contributed by atoms with Crippen LogP contribution in [0, 0.1) is 25.7 Å². The van der Waals surface area contributed by atoms with E-state index in [1.54, 1.807) is 27.9 Å². The third-order valence-corrected chi connectivity index (χ3v) is 2.68. The molecule has 1 fully saturated rings. The first kappa shape index (κ1) is 32.0. The highest BCUT2D eigenvalue weighted by atomic mass is 16.6. The molecule has 1 atom stereocenters. The number of nitrogens with zero attached hydrogens (tertiary/aromatic N) is 1. The molecule has 0 saturated carbocycles. The van der Waals surface area contributed by atoms with Crippen molar-refractivity contribution in [1.29, 1.82) is 0 Å². The number of ether oxygens (including phenoxy) is 2. The highest BCUT2D eigenvalue weighted by Gasteiger charge is 2.30. The molecule has 1 aliphatic heterocycles. The summed E-state index contributed by atoms with van der Waals surface area (Å²) in [6, 6.07) is -0.354. The lowest BCUT2D eigenvalue weighted by molar-refractivity contribution is -0.135. The first-order chi connectivity index (χ1) is 12.5. The first-order valence-corrected chi connectivity index (χ1v) is 8.16. The summed E-state index contributed by atoms with van der Waals surface area (Å²) in [5.74, 6) is -0.455. The Morgan fingerprint density at radius 2 is 1.52 bits per heavy atom. The number of amides is 3. The van der Waals surface area contributed by atoms with Gasteiger partial charge in [0.05, 0.1) is 0 Å². The van der Waals surface area contributed by atoms with Crippen molar-refractivity contribution < 1.29 is 23.9 Å². The fourth-order valence-corrected chi connectivity index (χ4v) is 1.74. The fraction of sp³-hybridized carbons (Fsp3) is 0.632.